The molecule has 2 amide bonds. The largest absolute Gasteiger partial charge is 0.480 e. The average molecular weight is 324 g/mol. The average Bonchev–Trinajstić information content (AvgIpc) is 2.95. The van der Waals surface area contributed by atoms with Crippen LogP contribution in [0.4, 0.5) is 0 Å². The lowest BCUT2D eigenvalue weighted by Gasteiger charge is -2.43. The smallest absolute Gasteiger partial charge is 0.327 e. The molecule has 2 N–H and O–H groups in total. The molecule has 0 bridgehead atoms. The Bertz CT molecular complexity index is 668. The number of carboxylic acid groups (broad SMARTS) is 1. The summed E-state index contributed by atoms with van der Waals surface area (Å²) in [5, 5.41) is 11.7. The lowest BCUT2D eigenvalue weighted by atomic mass is 9.96. The topological polar surface area (TPSA) is 99.9 Å². The third-order valence-corrected chi connectivity index (χ3v) is 5.64. The van der Waals surface area contributed by atoms with Crippen molar-refractivity contribution < 1.29 is 23.9 Å². The summed E-state index contributed by atoms with van der Waals surface area (Å²) in [6.07, 6.45) is 1.41. The van der Waals surface area contributed by atoms with Crippen molar-refractivity contribution in [2.45, 2.75) is 43.0 Å². The molecule has 0 radical (unpaired) electrons. The van der Waals surface area contributed by atoms with Crippen LogP contribution in [0, 0.1) is 6.92 Å². The Morgan fingerprint density at radius 2 is 2.14 bits per heavy atom. The highest BCUT2D eigenvalue weighted by Gasteiger charge is 2.64. The monoisotopic (exact) mass is 324 g/mol. The molecule has 8 heteroatoms. The number of β-lactam (4-membered cyclic amide) rings is 1. The first-order valence-corrected chi connectivity index (χ1v) is 7.70. The van der Waals surface area contributed by atoms with Gasteiger partial charge in [-0.05, 0) is 26.8 Å². The van der Waals surface area contributed by atoms with Gasteiger partial charge in [-0.1, -0.05) is 0 Å². The fourth-order valence-electron chi connectivity index (χ4n) is 2.98. The van der Waals surface area contributed by atoms with Gasteiger partial charge in [0.15, 0.2) is 0 Å². The van der Waals surface area contributed by atoms with Crippen LogP contribution in [0.1, 0.15) is 30.0 Å². The Hall–Kier alpha value is -1.96. The number of hydrogen-bond acceptors (Lipinski definition) is 5. The van der Waals surface area contributed by atoms with Gasteiger partial charge >= 0.3 is 5.97 Å². The number of hydrogen-bond donors (Lipinski definition) is 2. The lowest BCUT2D eigenvalue weighted by Crippen LogP contribution is -2.70. The summed E-state index contributed by atoms with van der Waals surface area (Å²) < 4.78 is 4.47. The van der Waals surface area contributed by atoms with Crippen LogP contribution < -0.4 is 5.32 Å². The van der Waals surface area contributed by atoms with Crippen LogP contribution in [0.15, 0.2) is 16.7 Å². The number of rotatable bonds is 3. The molecule has 2 fully saturated rings. The highest BCUT2D eigenvalue weighted by molar-refractivity contribution is 8.01. The van der Waals surface area contributed by atoms with Crippen molar-refractivity contribution in [3.8, 4) is 0 Å². The normalized spacial score (nSPS) is 29.0. The molecule has 0 spiro atoms. The van der Waals surface area contributed by atoms with Crippen LogP contribution in [0.25, 0.3) is 0 Å². The van der Waals surface area contributed by atoms with Crippen molar-refractivity contribution in [2.75, 3.05) is 0 Å². The van der Waals surface area contributed by atoms with E-state index in [1.54, 1.807) is 20.8 Å². The minimum absolute atomic E-state index is 0.347. The second kappa shape index (κ2) is 4.77. The van der Waals surface area contributed by atoms with E-state index in [2.05, 4.69) is 5.32 Å². The standard InChI is InChI=1S/C14H16N2O5S/c1-6-7(4-5-21-6)10(17)15-8-11(18)16-9(13(19)20)14(2,3)22-12(8)16/h4-5,8-9,12H,1-3H3,(H,15,17)(H,19,20)/t8-,9+,12-/m0/s1. The molecule has 1 aromatic rings. The number of amides is 2. The van der Waals surface area contributed by atoms with E-state index in [9.17, 15) is 19.5 Å². The van der Waals surface area contributed by atoms with Crippen LogP contribution >= 0.6 is 11.8 Å². The summed E-state index contributed by atoms with van der Waals surface area (Å²) in [4.78, 5) is 37.2. The molecule has 3 atom stereocenters. The molecule has 0 aliphatic carbocycles. The molecule has 2 aliphatic rings. The zero-order valence-corrected chi connectivity index (χ0v) is 13.1. The van der Waals surface area contributed by atoms with Gasteiger partial charge in [0.2, 0.25) is 5.91 Å². The first kappa shape index (κ1) is 15.0. The summed E-state index contributed by atoms with van der Waals surface area (Å²) in [6.45, 7) is 5.25. The molecule has 1 aromatic heterocycles. The molecule has 2 aliphatic heterocycles. The maximum Gasteiger partial charge on any atom is 0.327 e. The number of carbonyl (C=O) groups is 3. The molecule has 3 heterocycles. The highest BCUT2D eigenvalue weighted by atomic mass is 32.2. The number of aliphatic carboxylic acids is 1. The molecular weight excluding hydrogens is 308 g/mol. The van der Waals surface area contributed by atoms with Gasteiger partial charge in [0.25, 0.3) is 5.91 Å². The molecule has 0 aromatic carbocycles. The van der Waals surface area contributed by atoms with E-state index >= 15 is 0 Å². The number of fused-ring (bicyclic) bond motifs is 1. The Morgan fingerprint density at radius 3 is 2.68 bits per heavy atom. The summed E-state index contributed by atoms with van der Waals surface area (Å²) in [5.41, 5.74) is 0.378. The van der Waals surface area contributed by atoms with Crippen molar-refractivity contribution in [3.63, 3.8) is 0 Å². The Morgan fingerprint density at radius 1 is 1.45 bits per heavy atom. The van der Waals surface area contributed by atoms with Crippen LogP contribution in [-0.4, -0.2) is 50.0 Å². The van der Waals surface area contributed by atoms with Crippen LogP contribution in [-0.2, 0) is 9.59 Å². The molecule has 118 valence electrons. The summed E-state index contributed by atoms with van der Waals surface area (Å²) >= 11 is 1.40. The van der Waals surface area contributed by atoms with Crippen LogP contribution in [0.2, 0.25) is 0 Å². The number of furan rings is 1. The zero-order valence-electron chi connectivity index (χ0n) is 12.3. The summed E-state index contributed by atoms with van der Waals surface area (Å²) in [6, 6.07) is -0.0357. The Balaban J connectivity index is 1.77. The minimum Gasteiger partial charge on any atom is -0.480 e. The van der Waals surface area contributed by atoms with Gasteiger partial charge in [0, 0.05) is 4.75 Å². The van der Waals surface area contributed by atoms with Gasteiger partial charge < -0.3 is 19.7 Å². The van der Waals surface area contributed by atoms with E-state index in [4.69, 9.17) is 4.42 Å². The molecule has 22 heavy (non-hydrogen) atoms. The first-order valence-electron chi connectivity index (χ1n) is 6.82. The molecule has 3 rings (SSSR count). The van der Waals surface area contributed by atoms with E-state index in [-0.39, 0.29) is 17.2 Å². The summed E-state index contributed by atoms with van der Waals surface area (Å²) in [5.74, 6) is -1.29. The van der Waals surface area contributed by atoms with E-state index in [1.165, 1.54) is 29.0 Å². The molecular formula is C14H16N2O5S. The van der Waals surface area contributed by atoms with Crippen molar-refractivity contribution in [2.24, 2.45) is 0 Å². The predicted octanol–water partition coefficient (Wildman–Crippen LogP) is 0.833. The number of nitrogens with zero attached hydrogens (tertiary/aromatic N) is 1. The van der Waals surface area contributed by atoms with E-state index in [0.29, 0.717) is 11.3 Å². The fraction of sp³-hybridized carbons (Fsp3) is 0.500. The SMILES string of the molecule is Cc1occc1C(=O)N[C@H]1C(=O)N2[C@H]1SC(C)(C)[C@H]2C(=O)O. The van der Waals surface area contributed by atoms with Gasteiger partial charge in [-0.3, -0.25) is 9.59 Å². The number of nitrogens with one attached hydrogen (secondary N) is 1. The fourth-order valence-corrected chi connectivity index (χ4v) is 4.61. The van der Waals surface area contributed by atoms with E-state index in [1.807, 2.05) is 0 Å². The van der Waals surface area contributed by atoms with Crippen LogP contribution in [0.3, 0.4) is 0 Å². The van der Waals surface area contributed by atoms with Crippen molar-refractivity contribution in [3.05, 3.63) is 23.7 Å². The maximum atomic E-state index is 12.2. The predicted molar refractivity (Wildman–Crippen MR) is 78.4 cm³/mol. The van der Waals surface area contributed by atoms with E-state index in [0.717, 1.165) is 0 Å². The second-order valence-electron chi connectivity index (χ2n) is 5.94. The van der Waals surface area contributed by atoms with Gasteiger partial charge in [0.1, 0.15) is 23.2 Å². The lowest BCUT2D eigenvalue weighted by molar-refractivity contribution is -0.159. The minimum atomic E-state index is -1.02. The van der Waals surface area contributed by atoms with Crippen molar-refractivity contribution in [1.29, 1.82) is 0 Å². The van der Waals surface area contributed by atoms with E-state index < -0.39 is 22.8 Å². The number of thioether (sulfide) groups is 1. The van der Waals surface area contributed by atoms with Crippen LogP contribution in [0.5, 0.6) is 0 Å². The van der Waals surface area contributed by atoms with Crippen molar-refractivity contribution >= 4 is 29.5 Å². The van der Waals surface area contributed by atoms with Gasteiger partial charge in [0.05, 0.1) is 11.8 Å². The molecule has 0 saturated carbocycles. The summed E-state index contributed by atoms with van der Waals surface area (Å²) in [7, 11) is 0. The number of carbonyl (C=O) groups excluding carboxylic acids is 2. The Kier molecular flexibility index (Phi) is 3.24. The Labute approximate surface area is 131 Å². The second-order valence-corrected chi connectivity index (χ2v) is 7.71. The third kappa shape index (κ3) is 2.01. The highest BCUT2D eigenvalue weighted by Crippen LogP contribution is 2.50. The maximum absolute atomic E-state index is 12.2. The van der Waals surface area contributed by atoms with Gasteiger partial charge in [-0.25, -0.2) is 4.79 Å². The number of aryl methyl sites for hydroxylation is 1. The van der Waals surface area contributed by atoms with Crippen molar-refractivity contribution in [1.82, 2.24) is 10.2 Å². The molecule has 7 nitrogen and oxygen atoms in total. The molecule has 2 saturated heterocycles. The molecule has 0 unspecified atom stereocenters. The first-order chi connectivity index (χ1) is 10.2. The van der Waals surface area contributed by atoms with Gasteiger partial charge in [-0.15, -0.1) is 11.8 Å². The quantitative estimate of drug-likeness (QED) is 0.799. The van der Waals surface area contributed by atoms with Gasteiger partial charge in [-0.2, -0.15) is 0 Å². The zero-order chi connectivity index (χ0) is 16.2. The number of carboxylic acids is 1. The third-order valence-electron chi connectivity index (χ3n) is 4.06.